The Bertz CT molecular complexity index is 469. The maximum Gasteiger partial charge on any atom is 0.0813 e. The summed E-state index contributed by atoms with van der Waals surface area (Å²) in [6, 6.07) is 9.81. The van der Waals surface area contributed by atoms with Crippen molar-refractivity contribution >= 4 is 0 Å². The van der Waals surface area contributed by atoms with Gasteiger partial charge in [-0.25, -0.2) is 4.68 Å². The van der Waals surface area contributed by atoms with Gasteiger partial charge in [-0.1, -0.05) is 23.4 Å². The molecule has 0 saturated heterocycles. The molecule has 0 spiro atoms. The average molecular weight is 246 g/mol. The molecule has 0 bridgehead atoms. The molecule has 0 radical (unpaired) electrons. The first-order valence-corrected chi connectivity index (χ1v) is 6.03. The first kappa shape index (κ1) is 12.7. The van der Waals surface area contributed by atoms with Gasteiger partial charge in [-0.05, 0) is 25.0 Å². The molecule has 1 atom stereocenters. The van der Waals surface area contributed by atoms with Crippen LogP contribution in [0.15, 0.2) is 36.5 Å². The molecule has 0 aliphatic carbocycles. The lowest BCUT2D eigenvalue weighted by atomic mass is 10.1. The molecule has 5 nitrogen and oxygen atoms in total. The van der Waals surface area contributed by atoms with Crippen LogP contribution >= 0.6 is 0 Å². The van der Waals surface area contributed by atoms with E-state index in [1.54, 1.807) is 18.0 Å². The van der Waals surface area contributed by atoms with E-state index in [0.29, 0.717) is 0 Å². The Balaban J connectivity index is 2.12. The average Bonchev–Trinajstić information content (AvgIpc) is 2.89. The molecular formula is C13H18N4O. The van der Waals surface area contributed by atoms with Crippen LogP contribution in [0.3, 0.4) is 0 Å². The van der Waals surface area contributed by atoms with E-state index in [-0.39, 0.29) is 6.04 Å². The van der Waals surface area contributed by atoms with E-state index in [4.69, 9.17) is 10.5 Å². The fraction of sp³-hybridized carbons (Fsp3) is 0.385. The molecule has 96 valence electrons. The summed E-state index contributed by atoms with van der Waals surface area (Å²) < 4.78 is 6.82. The highest BCUT2D eigenvalue weighted by Gasteiger charge is 2.13. The molecule has 2 aromatic rings. The SMILES string of the molecule is COCCCC(N)c1cnnn1-c1ccccc1. The normalized spacial score (nSPS) is 12.6. The van der Waals surface area contributed by atoms with Crippen molar-refractivity contribution in [1.82, 2.24) is 15.0 Å². The summed E-state index contributed by atoms with van der Waals surface area (Å²) in [6.45, 7) is 0.723. The molecule has 0 aliphatic rings. The van der Waals surface area contributed by atoms with E-state index < -0.39 is 0 Å². The van der Waals surface area contributed by atoms with E-state index in [9.17, 15) is 0 Å². The number of rotatable bonds is 6. The summed E-state index contributed by atoms with van der Waals surface area (Å²) >= 11 is 0. The largest absolute Gasteiger partial charge is 0.385 e. The van der Waals surface area contributed by atoms with Crippen molar-refractivity contribution < 1.29 is 4.74 Å². The lowest BCUT2D eigenvalue weighted by Crippen LogP contribution is -2.16. The van der Waals surface area contributed by atoms with E-state index >= 15 is 0 Å². The third kappa shape index (κ3) is 2.94. The predicted octanol–water partition coefficient (Wildman–Crippen LogP) is 1.69. The summed E-state index contributed by atoms with van der Waals surface area (Å²) in [4.78, 5) is 0. The van der Waals surface area contributed by atoms with Gasteiger partial charge < -0.3 is 10.5 Å². The molecule has 0 aliphatic heterocycles. The van der Waals surface area contributed by atoms with E-state index in [0.717, 1.165) is 30.8 Å². The summed E-state index contributed by atoms with van der Waals surface area (Å²) in [5, 5.41) is 8.04. The third-order valence-electron chi connectivity index (χ3n) is 2.82. The molecule has 0 fully saturated rings. The van der Waals surface area contributed by atoms with Gasteiger partial charge in [0, 0.05) is 19.8 Å². The topological polar surface area (TPSA) is 66.0 Å². The molecule has 1 heterocycles. The van der Waals surface area contributed by atoms with Crippen LogP contribution in [0.5, 0.6) is 0 Å². The van der Waals surface area contributed by atoms with Gasteiger partial charge >= 0.3 is 0 Å². The first-order chi connectivity index (χ1) is 8.83. The van der Waals surface area contributed by atoms with Crippen LogP contribution in [-0.4, -0.2) is 28.7 Å². The maximum atomic E-state index is 6.16. The standard InChI is InChI=1S/C13H18N4O/c1-18-9-5-8-12(14)13-10-15-16-17(13)11-6-3-2-4-7-11/h2-4,6-7,10,12H,5,8-9,14H2,1H3. The lowest BCUT2D eigenvalue weighted by Gasteiger charge is -2.12. The number of ether oxygens (including phenoxy) is 1. The van der Waals surface area contributed by atoms with Crippen molar-refractivity contribution in [2.45, 2.75) is 18.9 Å². The summed E-state index contributed by atoms with van der Waals surface area (Å²) in [6.07, 6.45) is 3.51. The van der Waals surface area contributed by atoms with E-state index in [1.807, 2.05) is 30.3 Å². The fourth-order valence-electron chi connectivity index (χ4n) is 1.86. The highest BCUT2D eigenvalue weighted by atomic mass is 16.5. The Morgan fingerprint density at radius 3 is 2.83 bits per heavy atom. The number of nitrogens with zero attached hydrogens (tertiary/aromatic N) is 3. The zero-order valence-corrected chi connectivity index (χ0v) is 10.5. The quantitative estimate of drug-likeness (QED) is 0.788. The predicted molar refractivity (Wildman–Crippen MR) is 69.4 cm³/mol. The summed E-state index contributed by atoms with van der Waals surface area (Å²) in [5.74, 6) is 0. The lowest BCUT2D eigenvalue weighted by molar-refractivity contribution is 0.190. The van der Waals surface area contributed by atoms with Crippen LogP contribution < -0.4 is 5.73 Å². The molecule has 1 unspecified atom stereocenters. The minimum absolute atomic E-state index is 0.0737. The van der Waals surface area contributed by atoms with Gasteiger partial charge in [0.2, 0.25) is 0 Å². The molecule has 2 N–H and O–H groups in total. The van der Waals surface area contributed by atoms with Gasteiger partial charge in [0.05, 0.1) is 17.6 Å². The third-order valence-corrected chi connectivity index (χ3v) is 2.82. The van der Waals surface area contributed by atoms with Crippen molar-refractivity contribution in [2.75, 3.05) is 13.7 Å². The number of methoxy groups -OCH3 is 1. The number of benzene rings is 1. The molecular weight excluding hydrogens is 228 g/mol. The second kappa shape index (κ2) is 6.28. The van der Waals surface area contributed by atoms with Gasteiger partial charge in [0.1, 0.15) is 0 Å². The van der Waals surface area contributed by atoms with Crippen LogP contribution in [0.2, 0.25) is 0 Å². The van der Waals surface area contributed by atoms with Crippen LogP contribution in [0.4, 0.5) is 0 Å². The van der Waals surface area contributed by atoms with Crippen LogP contribution in [0, 0.1) is 0 Å². The maximum absolute atomic E-state index is 6.16. The second-order valence-corrected chi connectivity index (χ2v) is 4.15. The molecule has 0 saturated carbocycles. The van der Waals surface area contributed by atoms with E-state index in [2.05, 4.69) is 10.3 Å². The number of nitrogens with two attached hydrogens (primary N) is 1. The van der Waals surface area contributed by atoms with Gasteiger partial charge in [-0.2, -0.15) is 0 Å². The molecule has 0 amide bonds. The van der Waals surface area contributed by atoms with Crippen molar-refractivity contribution in [3.8, 4) is 5.69 Å². The van der Waals surface area contributed by atoms with E-state index in [1.165, 1.54) is 0 Å². The van der Waals surface area contributed by atoms with Gasteiger partial charge in [-0.3, -0.25) is 0 Å². The van der Waals surface area contributed by atoms with Gasteiger partial charge in [0.15, 0.2) is 0 Å². The zero-order valence-electron chi connectivity index (χ0n) is 10.5. The van der Waals surface area contributed by atoms with Crippen molar-refractivity contribution in [2.24, 2.45) is 5.73 Å². The Kier molecular flexibility index (Phi) is 4.44. The molecule has 1 aromatic heterocycles. The number of hydrogen-bond acceptors (Lipinski definition) is 4. The van der Waals surface area contributed by atoms with Crippen molar-refractivity contribution in [3.63, 3.8) is 0 Å². The first-order valence-electron chi connectivity index (χ1n) is 6.03. The second-order valence-electron chi connectivity index (χ2n) is 4.15. The number of aromatic nitrogens is 3. The summed E-state index contributed by atoms with van der Waals surface area (Å²) in [7, 11) is 1.70. The number of hydrogen-bond donors (Lipinski definition) is 1. The summed E-state index contributed by atoms with van der Waals surface area (Å²) in [5.41, 5.74) is 8.07. The van der Waals surface area contributed by atoms with Gasteiger partial charge in [-0.15, -0.1) is 5.10 Å². The minimum atomic E-state index is -0.0737. The molecule has 18 heavy (non-hydrogen) atoms. The highest BCUT2D eigenvalue weighted by Crippen LogP contribution is 2.18. The Labute approximate surface area is 107 Å². The number of para-hydroxylation sites is 1. The monoisotopic (exact) mass is 246 g/mol. The van der Waals surface area contributed by atoms with Crippen molar-refractivity contribution in [1.29, 1.82) is 0 Å². The van der Waals surface area contributed by atoms with Crippen LogP contribution in [-0.2, 0) is 4.74 Å². The Morgan fingerprint density at radius 2 is 2.11 bits per heavy atom. The smallest absolute Gasteiger partial charge is 0.0813 e. The zero-order chi connectivity index (χ0) is 12.8. The van der Waals surface area contributed by atoms with Crippen molar-refractivity contribution in [3.05, 3.63) is 42.2 Å². The van der Waals surface area contributed by atoms with Gasteiger partial charge in [0.25, 0.3) is 0 Å². The highest BCUT2D eigenvalue weighted by molar-refractivity contribution is 5.32. The minimum Gasteiger partial charge on any atom is -0.385 e. The Morgan fingerprint density at radius 1 is 1.33 bits per heavy atom. The molecule has 1 aromatic carbocycles. The Hall–Kier alpha value is -1.72. The molecule has 5 heteroatoms. The van der Waals surface area contributed by atoms with Crippen LogP contribution in [0.1, 0.15) is 24.6 Å². The van der Waals surface area contributed by atoms with Crippen LogP contribution in [0.25, 0.3) is 5.69 Å². The molecule has 2 rings (SSSR count). The fourth-order valence-corrected chi connectivity index (χ4v) is 1.86.